The van der Waals surface area contributed by atoms with Crippen LogP contribution in [0.25, 0.3) is 6.08 Å². The number of carbonyl (C=O) groups is 1. The summed E-state index contributed by atoms with van der Waals surface area (Å²) in [5.74, 6) is 0.512. The molecular formula is C25H20BrClN2O3. The Morgan fingerprint density at radius 2 is 1.84 bits per heavy atom. The standard InChI is InChI=1S/C25H20BrClN2O3/c1-31-23-12-19(11-20(14-28)25(30)29-15-17-7-3-2-4-8-17)21(26)13-24(23)32-16-18-9-5-6-10-22(18)27/h2-13H,15-16H2,1H3,(H,29,30)/b20-11+. The Hall–Kier alpha value is -3.27. The number of nitrogens with one attached hydrogen (secondary N) is 1. The van der Waals surface area contributed by atoms with Crippen LogP contribution >= 0.6 is 27.5 Å². The number of rotatable bonds is 8. The lowest BCUT2D eigenvalue weighted by Gasteiger charge is -2.14. The molecule has 162 valence electrons. The van der Waals surface area contributed by atoms with E-state index in [-0.39, 0.29) is 12.2 Å². The van der Waals surface area contributed by atoms with Crippen molar-refractivity contribution in [3.8, 4) is 17.6 Å². The second-order valence-electron chi connectivity index (χ2n) is 6.74. The lowest BCUT2D eigenvalue weighted by atomic mass is 10.1. The van der Waals surface area contributed by atoms with Crippen LogP contribution in [0.1, 0.15) is 16.7 Å². The zero-order valence-corrected chi connectivity index (χ0v) is 19.6. The van der Waals surface area contributed by atoms with E-state index >= 15 is 0 Å². The number of ether oxygens (including phenoxy) is 2. The first-order chi connectivity index (χ1) is 15.5. The molecule has 1 N–H and O–H groups in total. The number of carbonyl (C=O) groups excluding carboxylic acids is 1. The van der Waals surface area contributed by atoms with Crippen molar-refractivity contribution in [2.75, 3.05) is 7.11 Å². The second-order valence-corrected chi connectivity index (χ2v) is 8.00. The third-order valence-corrected chi connectivity index (χ3v) is 5.64. The summed E-state index contributed by atoms with van der Waals surface area (Å²) in [6.07, 6.45) is 1.50. The molecule has 3 aromatic carbocycles. The number of benzene rings is 3. The molecule has 0 spiro atoms. The Balaban J connectivity index is 1.77. The van der Waals surface area contributed by atoms with E-state index in [1.54, 1.807) is 18.2 Å². The molecule has 0 heterocycles. The highest BCUT2D eigenvalue weighted by atomic mass is 79.9. The predicted molar refractivity (Wildman–Crippen MR) is 128 cm³/mol. The van der Waals surface area contributed by atoms with Crippen LogP contribution in [0.4, 0.5) is 0 Å². The summed E-state index contributed by atoms with van der Waals surface area (Å²) >= 11 is 9.68. The fourth-order valence-electron chi connectivity index (χ4n) is 2.88. The average Bonchev–Trinajstić information content (AvgIpc) is 2.82. The van der Waals surface area contributed by atoms with Gasteiger partial charge in [0.1, 0.15) is 18.2 Å². The number of hydrogen-bond acceptors (Lipinski definition) is 4. The third-order valence-electron chi connectivity index (χ3n) is 4.58. The van der Waals surface area contributed by atoms with Gasteiger partial charge in [-0.25, -0.2) is 0 Å². The minimum Gasteiger partial charge on any atom is -0.493 e. The van der Waals surface area contributed by atoms with E-state index in [0.717, 1.165) is 11.1 Å². The van der Waals surface area contributed by atoms with E-state index < -0.39 is 5.91 Å². The van der Waals surface area contributed by atoms with E-state index in [4.69, 9.17) is 21.1 Å². The van der Waals surface area contributed by atoms with E-state index in [9.17, 15) is 10.1 Å². The lowest BCUT2D eigenvalue weighted by molar-refractivity contribution is -0.117. The Kier molecular flexibility index (Phi) is 8.32. The maximum Gasteiger partial charge on any atom is 0.262 e. The Morgan fingerprint density at radius 1 is 1.12 bits per heavy atom. The molecule has 32 heavy (non-hydrogen) atoms. The van der Waals surface area contributed by atoms with Gasteiger partial charge in [0.05, 0.1) is 7.11 Å². The van der Waals surface area contributed by atoms with Crippen molar-refractivity contribution in [2.24, 2.45) is 0 Å². The zero-order chi connectivity index (χ0) is 22.9. The molecule has 0 aliphatic carbocycles. The van der Waals surface area contributed by atoms with E-state index in [0.29, 0.717) is 33.1 Å². The summed E-state index contributed by atoms with van der Waals surface area (Å²) in [5, 5.41) is 12.9. The first kappa shape index (κ1) is 23.4. The molecule has 5 nitrogen and oxygen atoms in total. The van der Waals surface area contributed by atoms with E-state index in [1.807, 2.05) is 54.6 Å². The van der Waals surface area contributed by atoms with Gasteiger partial charge in [-0.15, -0.1) is 0 Å². The summed E-state index contributed by atoms with van der Waals surface area (Å²) in [7, 11) is 1.52. The van der Waals surface area contributed by atoms with Gasteiger partial charge in [-0.05, 0) is 35.4 Å². The predicted octanol–water partition coefficient (Wildman–Crippen LogP) is 5.91. The molecule has 7 heteroatoms. The van der Waals surface area contributed by atoms with Crippen LogP contribution in [0.2, 0.25) is 5.02 Å². The number of hydrogen-bond donors (Lipinski definition) is 1. The van der Waals surface area contributed by atoms with Crippen molar-refractivity contribution < 1.29 is 14.3 Å². The second kappa shape index (κ2) is 11.4. The number of amides is 1. The zero-order valence-electron chi connectivity index (χ0n) is 17.3. The summed E-state index contributed by atoms with van der Waals surface area (Å²) in [6.45, 7) is 0.598. The molecular weight excluding hydrogens is 492 g/mol. The molecule has 1 amide bonds. The normalized spacial score (nSPS) is 10.9. The van der Waals surface area contributed by atoms with Gasteiger partial charge in [0, 0.05) is 21.6 Å². The van der Waals surface area contributed by atoms with Gasteiger partial charge in [-0.3, -0.25) is 4.79 Å². The van der Waals surface area contributed by atoms with Crippen molar-refractivity contribution in [1.82, 2.24) is 5.32 Å². The quantitative estimate of drug-likeness (QED) is 0.301. The van der Waals surface area contributed by atoms with Gasteiger partial charge in [-0.2, -0.15) is 5.26 Å². The topological polar surface area (TPSA) is 71.3 Å². The lowest BCUT2D eigenvalue weighted by Crippen LogP contribution is -2.23. The van der Waals surface area contributed by atoms with Crippen molar-refractivity contribution in [3.63, 3.8) is 0 Å². The van der Waals surface area contributed by atoms with Gasteiger partial charge < -0.3 is 14.8 Å². The van der Waals surface area contributed by atoms with Crippen molar-refractivity contribution in [1.29, 1.82) is 5.26 Å². The average molecular weight is 512 g/mol. The molecule has 0 atom stereocenters. The van der Waals surface area contributed by atoms with Crippen LogP contribution in [0, 0.1) is 11.3 Å². The van der Waals surface area contributed by atoms with Crippen LogP contribution in [-0.4, -0.2) is 13.0 Å². The van der Waals surface area contributed by atoms with E-state index in [2.05, 4.69) is 21.2 Å². The monoisotopic (exact) mass is 510 g/mol. The van der Waals surface area contributed by atoms with Gasteiger partial charge in [0.25, 0.3) is 5.91 Å². The van der Waals surface area contributed by atoms with E-state index in [1.165, 1.54) is 13.2 Å². The maximum absolute atomic E-state index is 12.5. The molecule has 0 saturated heterocycles. The molecule has 3 aromatic rings. The summed E-state index contributed by atoms with van der Waals surface area (Å²) < 4.78 is 12.0. The largest absolute Gasteiger partial charge is 0.493 e. The number of halogens is 2. The van der Waals surface area contributed by atoms with Gasteiger partial charge in [0.15, 0.2) is 11.5 Å². The highest BCUT2D eigenvalue weighted by molar-refractivity contribution is 9.10. The Bertz CT molecular complexity index is 1170. The molecule has 0 saturated carbocycles. The van der Waals surface area contributed by atoms with Crippen LogP contribution in [0.15, 0.2) is 76.8 Å². The highest BCUT2D eigenvalue weighted by Gasteiger charge is 2.14. The van der Waals surface area contributed by atoms with Crippen LogP contribution in [0.5, 0.6) is 11.5 Å². The third kappa shape index (κ3) is 6.13. The first-order valence-electron chi connectivity index (χ1n) is 9.69. The van der Waals surface area contributed by atoms with Crippen molar-refractivity contribution in [3.05, 3.63) is 98.5 Å². The Labute approximate surface area is 200 Å². The SMILES string of the molecule is COc1cc(/C=C(\C#N)C(=O)NCc2ccccc2)c(Br)cc1OCc1ccccc1Cl. The number of methoxy groups -OCH3 is 1. The smallest absolute Gasteiger partial charge is 0.262 e. The number of nitrogens with zero attached hydrogens (tertiary/aromatic N) is 1. The molecule has 3 rings (SSSR count). The van der Waals surface area contributed by atoms with Crippen LogP contribution < -0.4 is 14.8 Å². The molecule has 0 bridgehead atoms. The van der Waals surface area contributed by atoms with Gasteiger partial charge >= 0.3 is 0 Å². The molecule has 0 aliphatic rings. The highest BCUT2D eigenvalue weighted by Crippen LogP contribution is 2.35. The van der Waals surface area contributed by atoms with Gasteiger partial charge in [-0.1, -0.05) is 76.1 Å². The Morgan fingerprint density at radius 3 is 2.53 bits per heavy atom. The molecule has 0 aliphatic heterocycles. The molecule has 0 unspecified atom stereocenters. The molecule has 0 radical (unpaired) electrons. The number of nitriles is 1. The van der Waals surface area contributed by atoms with Gasteiger partial charge in [0.2, 0.25) is 0 Å². The van der Waals surface area contributed by atoms with Crippen molar-refractivity contribution >= 4 is 39.5 Å². The molecule has 0 fully saturated rings. The fourth-order valence-corrected chi connectivity index (χ4v) is 3.51. The first-order valence-corrected chi connectivity index (χ1v) is 10.9. The minimum atomic E-state index is -0.457. The van der Waals surface area contributed by atoms with Crippen molar-refractivity contribution in [2.45, 2.75) is 13.2 Å². The minimum absolute atomic E-state index is 0.0200. The summed E-state index contributed by atoms with van der Waals surface area (Å²) in [6, 6.07) is 22.3. The van der Waals surface area contributed by atoms with Crippen LogP contribution in [-0.2, 0) is 17.9 Å². The fraction of sp³-hybridized carbons (Fsp3) is 0.120. The van der Waals surface area contributed by atoms with Crippen LogP contribution in [0.3, 0.4) is 0 Å². The summed E-state index contributed by atoms with van der Waals surface area (Å²) in [4.78, 5) is 12.5. The maximum atomic E-state index is 12.5. The molecule has 0 aromatic heterocycles. The summed E-state index contributed by atoms with van der Waals surface area (Å²) in [5.41, 5.74) is 2.38.